The molecular weight excluding hydrogens is 238 g/mol. The molecule has 1 aliphatic heterocycles. The summed E-state index contributed by atoms with van der Waals surface area (Å²) < 4.78 is 24.4. The molecule has 0 aromatic carbocycles. The molecule has 0 saturated carbocycles. The third-order valence-corrected chi connectivity index (χ3v) is 5.39. The smallest absolute Gasteiger partial charge is 0.211 e. The molecule has 2 N–H and O–H groups in total. The summed E-state index contributed by atoms with van der Waals surface area (Å²) in [5.74, 6) is 0.456. The highest BCUT2D eigenvalue weighted by Crippen LogP contribution is 2.25. The van der Waals surface area contributed by atoms with Crippen LogP contribution < -0.4 is 5.73 Å². The van der Waals surface area contributed by atoms with Gasteiger partial charge in [0.25, 0.3) is 0 Å². The standard InChI is InChI=1S/C11H25N3O2S/c1-10(2)11(3,9-12)13-5-7-14(8-6-13)17(4,15)16/h10H,5-9,12H2,1-4H3. The number of hydrogen-bond acceptors (Lipinski definition) is 4. The zero-order chi connectivity index (χ0) is 13.3. The number of sulfonamides is 1. The Labute approximate surface area is 105 Å². The van der Waals surface area contributed by atoms with Crippen molar-refractivity contribution in [3.05, 3.63) is 0 Å². The Bertz CT molecular complexity index is 348. The Hall–Kier alpha value is -0.170. The first-order chi connectivity index (χ1) is 7.71. The fourth-order valence-electron chi connectivity index (χ4n) is 2.26. The van der Waals surface area contributed by atoms with Crippen molar-refractivity contribution in [1.29, 1.82) is 0 Å². The van der Waals surface area contributed by atoms with Gasteiger partial charge in [0.15, 0.2) is 0 Å². The molecule has 17 heavy (non-hydrogen) atoms. The molecule has 0 aromatic rings. The highest BCUT2D eigenvalue weighted by Gasteiger charge is 2.36. The van der Waals surface area contributed by atoms with Crippen LogP contribution in [0.1, 0.15) is 20.8 Å². The first-order valence-electron chi connectivity index (χ1n) is 6.12. The third kappa shape index (κ3) is 3.19. The Morgan fingerprint density at radius 1 is 1.24 bits per heavy atom. The molecule has 6 heteroatoms. The minimum Gasteiger partial charge on any atom is -0.329 e. The SMILES string of the molecule is CC(C)C(C)(CN)N1CCN(S(C)(=O)=O)CC1. The van der Waals surface area contributed by atoms with Crippen molar-refractivity contribution in [2.75, 3.05) is 39.0 Å². The molecular formula is C11H25N3O2S. The van der Waals surface area contributed by atoms with Crippen LogP contribution >= 0.6 is 0 Å². The van der Waals surface area contributed by atoms with E-state index in [2.05, 4.69) is 25.7 Å². The van der Waals surface area contributed by atoms with Crippen LogP contribution in [0.3, 0.4) is 0 Å². The van der Waals surface area contributed by atoms with Crippen molar-refractivity contribution >= 4 is 10.0 Å². The van der Waals surface area contributed by atoms with E-state index < -0.39 is 10.0 Å². The highest BCUT2D eigenvalue weighted by molar-refractivity contribution is 7.88. The van der Waals surface area contributed by atoms with E-state index in [0.29, 0.717) is 25.6 Å². The normalized spacial score (nSPS) is 23.9. The van der Waals surface area contributed by atoms with Gasteiger partial charge in [0, 0.05) is 38.3 Å². The van der Waals surface area contributed by atoms with Gasteiger partial charge in [-0.25, -0.2) is 8.42 Å². The van der Waals surface area contributed by atoms with E-state index in [-0.39, 0.29) is 5.54 Å². The average Bonchev–Trinajstić information content (AvgIpc) is 2.26. The van der Waals surface area contributed by atoms with Gasteiger partial charge in [-0.2, -0.15) is 4.31 Å². The molecule has 1 heterocycles. The van der Waals surface area contributed by atoms with E-state index >= 15 is 0 Å². The number of piperazine rings is 1. The lowest BCUT2D eigenvalue weighted by Crippen LogP contribution is -2.61. The maximum atomic E-state index is 11.4. The van der Waals surface area contributed by atoms with Crippen molar-refractivity contribution in [2.45, 2.75) is 26.3 Å². The summed E-state index contributed by atoms with van der Waals surface area (Å²) >= 11 is 0. The first kappa shape index (κ1) is 14.9. The van der Waals surface area contributed by atoms with Crippen LogP contribution in [0, 0.1) is 5.92 Å². The van der Waals surface area contributed by atoms with E-state index in [9.17, 15) is 8.42 Å². The molecule has 0 amide bonds. The molecule has 0 aliphatic carbocycles. The minimum absolute atomic E-state index is 0.0381. The predicted molar refractivity (Wildman–Crippen MR) is 70.3 cm³/mol. The van der Waals surface area contributed by atoms with Crippen LogP contribution in [0.4, 0.5) is 0 Å². The monoisotopic (exact) mass is 263 g/mol. The summed E-state index contributed by atoms with van der Waals surface area (Å²) in [5.41, 5.74) is 5.85. The molecule has 0 bridgehead atoms. The lowest BCUT2D eigenvalue weighted by molar-refractivity contribution is 0.0385. The molecule has 1 saturated heterocycles. The lowest BCUT2D eigenvalue weighted by atomic mass is 9.86. The second kappa shape index (κ2) is 5.22. The molecule has 0 radical (unpaired) electrons. The van der Waals surface area contributed by atoms with Crippen molar-refractivity contribution in [3.63, 3.8) is 0 Å². The van der Waals surface area contributed by atoms with Gasteiger partial charge in [0.2, 0.25) is 10.0 Å². The van der Waals surface area contributed by atoms with Gasteiger partial charge < -0.3 is 5.73 Å². The molecule has 1 fully saturated rings. The maximum Gasteiger partial charge on any atom is 0.211 e. The van der Waals surface area contributed by atoms with Crippen LogP contribution in [-0.2, 0) is 10.0 Å². The number of rotatable bonds is 4. The van der Waals surface area contributed by atoms with Gasteiger partial charge in [-0.05, 0) is 12.8 Å². The van der Waals surface area contributed by atoms with Crippen molar-refractivity contribution in [1.82, 2.24) is 9.21 Å². The molecule has 102 valence electrons. The van der Waals surface area contributed by atoms with E-state index in [1.807, 2.05) is 0 Å². The molecule has 0 spiro atoms. The van der Waals surface area contributed by atoms with E-state index in [4.69, 9.17) is 5.73 Å². The summed E-state index contributed by atoms with van der Waals surface area (Å²) in [7, 11) is -3.05. The maximum absolute atomic E-state index is 11.4. The van der Waals surface area contributed by atoms with Crippen LogP contribution in [0.2, 0.25) is 0 Å². The Balaban J connectivity index is 2.69. The zero-order valence-corrected chi connectivity index (χ0v) is 12.1. The third-order valence-electron chi connectivity index (χ3n) is 4.09. The van der Waals surface area contributed by atoms with Crippen LogP contribution in [0.25, 0.3) is 0 Å². The molecule has 0 aromatic heterocycles. The van der Waals surface area contributed by atoms with E-state index in [0.717, 1.165) is 13.1 Å². The van der Waals surface area contributed by atoms with Gasteiger partial charge in [0.05, 0.1) is 6.26 Å². The Morgan fingerprint density at radius 3 is 2.00 bits per heavy atom. The van der Waals surface area contributed by atoms with Gasteiger partial charge in [-0.1, -0.05) is 13.8 Å². The minimum atomic E-state index is -3.05. The number of nitrogens with two attached hydrogens (primary N) is 1. The summed E-state index contributed by atoms with van der Waals surface area (Å²) in [5, 5.41) is 0. The quantitative estimate of drug-likeness (QED) is 0.771. The van der Waals surface area contributed by atoms with Gasteiger partial charge in [-0.3, -0.25) is 4.90 Å². The van der Waals surface area contributed by atoms with Gasteiger partial charge in [0.1, 0.15) is 0 Å². The summed E-state index contributed by atoms with van der Waals surface area (Å²) in [6.45, 7) is 9.75. The molecule has 1 atom stereocenters. The summed E-state index contributed by atoms with van der Waals surface area (Å²) in [6, 6.07) is 0. The van der Waals surface area contributed by atoms with Gasteiger partial charge in [-0.15, -0.1) is 0 Å². The fourth-order valence-corrected chi connectivity index (χ4v) is 3.09. The summed E-state index contributed by atoms with van der Waals surface area (Å²) in [4.78, 5) is 2.32. The van der Waals surface area contributed by atoms with Crippen molar-refractivity contribution < 1.29 is 8.42 Å². The Kier molecular flexibility index (Phi) is 4.57. The van der Waals surface area contributed by atoms with Crippen LogP contribution in [-0.4, -0.2) is 62.1 Å². The Morgan fingerprint density at radius 2 is 1.71 bits per heavy atom. The van der Waals surface area contributed by atoms with Crippen LogP contribution in [0.15, 0.2) is 0 Å². The van der Waals surface area contributed by atoms with E-state index in [1.165, 1.54) is 6.26 Å². The molecule has 1 rings (SSSR count). The first-order valence-corrected chi connectivity index (χ1v) is 7.97. The topological polar surface area (TPSA) is 66.6 Å². The molecule has 1 aliphatic rings. The van der Waals surface area contributed by atoms with E-state index in [1.54, 1.807) is 4.31 Å². The van der Waals surface area contributed by atoms with Crippen LogP contribution in [0.5, 0.6) is 0 Å². The molecule has 1 unspecified atom stereocenters. The highest BCUT2D eigenvalue weighted by atomic mass is 32.2. The van der Waals surface area contributed by atoms with Crippen molar-refractivity contribution in [3.8, 4) is 0 Å². The number of nitrogens with zero attached hydrogens (tertiary/aromatic N) is 2. The van der Waals surface area contributed by atoms with Gasteiger partial charge >= 0.3 is 0 Å². The lowest BCUT2D eigenvalue weighted by Gasteiger charge is -2.47. The summed E-state index contributed by atoms with van der Waals surface area (Å²) in [6.07, 6.45) is 1.27. The fraction of sp³-hybridized carbons (Fsp3) is 1.00. The predicted octanol–water partition coefficient (Wildman–Crippen LogP) is -0.0630. The second-order valence-electron chi connectivity index (χ2n) is 5.37. The zero-order valence-electron chi connectivity index (χ0n) is 11.3. The second-order valence-corrected chi connectivity index (χ2v) is 7.35. The largest absolute Gasteiger partial charge is 0.329 e. The van der Waals surface area contributed by atoms with Crippen molar-refractivity contribution in [2.24, 2.45) is 11.7 Å². The molecule has 5 nitrogen and oxygen atoms in total. The average molecular weight is 263 g/mol. The number of hydrogen-bond donors (Lipinski definition) is 1.